The van der Waals surface area contributed by atoms with Gasteiger partial charge in [0.05, 0.1) is 5.69 Å². The van der Waals surface area contributed by atoms with Crippen molar-refractivity contribution in [2.45, 2.75) is 26.3 Å². The number of hydrogen-bond donors (Lipinski definition) is 2. The van der Waals surface area contributed by atoms with Gasteiger partial charge in [0.2, 0.25) is 0 Å². The van der Waals surface area contributed by atoms with Crippen molar-refractivity contribution < 1.29 is 4.79 Å². The van der Waals surface area contributed by atoms with Gasteiger partial charge in [0.25, 0.3) is 5.91 Å². The molecule has 6 heteroatoms. The molecular formula is C11H20N4OS. The Balaban J connectivity index is 2.51. The van der Waals surface area contributed by atoms with Crippen LogP contribution in [0, 0.1) is 6.92 Å². The summed E-state index contributed by atoms with van der Waals surface area (Å²) in [5, 5.41) is 3.39. The van der Waals surface area contributed by atoms with Crippen LogP contribution in [-0.4, -0.2) is 42.5 Å². The van der Waals surface area contributed by atoms with Gasteiger partial charge in [-0.25, -0.2) is 4.98 Å². The number of rotatable bonds is 5. The first kappa shape index (κ1) is 13.9. The van der Waals surface area contributed by atoms with E-state index in [0.29, 0.717) is 15.7 Å². The van der Waals surface area contributed by atoms with Crippen LogP contribution in [0.5, 0.6) is 0 Å². The van der Waals surface area contributed by atoms with Crippen molar-refractivity contribution in [1.82, 2.24) is 15.2 Å². The topological polar surface area (TPSA) is 71.2 Å². The zero-order valence-electron chi connectivity index (χ0n) is 10.8. The van der Waals surface area contributed by atoms with Crippen LogP contribution >= 0.6 is 11.3 Å². The van der Waals surface area contributed by atoms with Gasteiger partial charge in [-0.3, -0.25) is 4.79 Å². The molecule has 96 valence electrons. The number of nitrogens with zero attached hydrogens (tertiary/aromatic N) is 2. The second kappa shape index (κ2) is 5.97. The SMILES string of the molecule is Cc1nc(N)sc1C(=O)NC(C)CCN(C)C. The Labute approximate surface area is 106 Å². The van der Waals surface area contributed by atoms with Crippen molar-refractivity contribution in [2.75, 3.05) is 26.4 Å². The molecule has 0 aliphatic heterocycles. The molecule has 1 heterocycles. The van der Waals surface area contributed by atoms with Gasteiger partial charge in [-0.2, -0.15) is 0 Å². The molecule has 17 heavy (non-hydrogen) atoms. The summed E-state index contributed by atoms with van der Waals surface area (Å²) in [6.45, 7) is 4.75. The molecule has 0 bridgehead atoms. The monoisotopic (exact) mass is 256 g/mol. The molecule has 0 spiro atoms. The quantitative estimate of drug-likeness (QED) is 0.827. The number of aromatic nitrogens is 1. The second-order valence-electron chi connectivity index (χ2n) is 4.43. The van der Waals surface area contributed by atoms with Gasteiger partial charge >= 0.3 is 0 Å². The van der Waals surface area contributed by atoms with Crippen molar-refractivity contribution in [3.8, 4) is 0 Å². The molecule has 0 saturated heterocycles. The molecular weight excluding hydrogens is 236 g/mol. The zero-order chi connectivity index (χ0) is 13.0. The standard InChI is InChI=1S/C11H20N4OS/c1-7(5-6-15(3)4)13-10(16)9-8(2)14-11(12)17-9/h7H,5-6H2,1-4H3,(H2,12,14)(H,13,16). The molecule has 0 radical (unpaired) electrons. The van der Waals surface area contributed by atoms with E-state index in [1.807, 2.05) is 21.0 Å². The Morgan fingerprint density at radius 2 is 2.24 bits per heavy atom. The predicted octanol–water partition coefficient (Wildman–Crippen LogP) is 1.10. The minimum Gasteiger partial charge on any atom is -0.375 e. The lowest BCUT2D eigenvalue weighted by atomic mass is 10.2. The highest BCUT2D eigenvalue weighted by atomic mass is 32.1. The summed E-state index contributed by atoms with van der Waals surface area (Å²) in [6, 6.07) is 0.146. The number of aryl methyl sites for hydroxylation is 1. The third-order valence-electron chi connectivity index (χ3n) is 2.41. The highest BCUT2D eigenvalue weighted by Crippen LogP contribution is 2.19. The Hall–Kier alpha value is -1.14. The van der Waals surface area contributed by atoms with Crippen molar-refractivity contribution in [3.63, 3.8) is 0 Å². The van der Waals surface area contributed by atoms with Crippen LogP contribution in [0.1, 0.15) is 28.7 Å². The van der Waals surface area contributed by atoms with Gasteiger partial charge in [0.15, 0.2) is 5.13 Å². The fourth-order valence-corrected chi connectivity index (χ4v) is 2.18. The lowest BCUT2D eigenvalue weighted by Crippen LogP contribution is -2.34. The maximum absolute atomic E-state index is 11.9. The second-order valence-corrected chi connectivity index (χ2v) is 5.46. The Morgan fingerprint density at radius 3 is 2.71 bits per heavy atom. The van der Waals surface area contributed by atoms with Gasteiger partial charge in [0, 0.05) is 6.04 Å². The first-order valence-corrected chi connectivity index (χ1v) is 6.40. The number of nitrogens with two attached hydrogens (primary N) is 1. The van der Waals surface area contributed by atoms with Gasteiger partial charge in [-0.1, -0.05) is 11.3 Å². The minimum atomic E-state index is -0.0806. The van der Waals surface area contributed by atoms with Gasteiger partial charge in [0.1, 0.15) is 4.88 Å². The van der Waals surface area contributed by atoms with Crippen LogP contribution in [0.25, 0.3) is 0 Å². The molecule has 0 saturated carbocycles. The molecule has 0 aliphatic rings. The van der Waals surface area contributed by atoms with Crippen LogP contribution in [0.4, 0.5) is 5.13 Å². The normalized spacial score (nSPS) is 12.8. The molecule has 1 aromatic heterocycles. The first-order chi connectivity index (χ1) is 7.90. The summed E-state index contributed by atoms with van der Waals surface area (Å²) in [7, 11) is 4.03. The average molecular weight is 256 g/mol. The fraction of sp³-hybridized carbons (Fsp3) is 0.636. The highest BCUT2D eigenvalue weighted by molar-refractivity contribution is 7.17. The lowest BCUT2D eigenvalue weighted by Gasteiger charge is -2.16. The van der Waals surface area contributed by atoms with E-state index in [-0.39, 0.29) is 11.9 Å². The maximum atomic E-state index is 11.9. The molecule has 1 atom stereocenters. The van der Waals surface area contributed by atoms with Gasteiger partial charge < -0.3 is 16.0 Å². The highest BCUT2D eigenvalue weighted by Gasteiger charge is 2.16. The van der Waals surface area contributed by atoms with Crippen LogP contribution < -0.4 is 11.1 Å². The summed E-state index contributed by atoms with van der Waals surface area (Å²) in [6.07, 6.45) is 0.923. The van der Waals surface area contributed by atoms with Crippen LogP contribution in [0.3, 0.4) is 0 Å². The number of carbonyl (C=O) groups excluding carboxylic acids is 1. The molecule has 1 amide bonds. The van der Waals surface area contributed by atoms with E-state index in [2.05, 4.69) is 15.2 Å². The van der Waals surface area contributed by atoms with Gasteiger partial charge in [-0.15, -0.1) is 0 Å². The van der Waals surface area contributed by atoms with Crippen LogP contribution in [0.2, 0.25) is 0 Å². The summed E-state index contributed by atoms with van der Waals surface area (Å²) < 4.78 is 0. The number of nitrogen functional groups attached to an aromatic ring is 1. The number of thiazole rings is 1. The van der Waals surface area contributed by atoms with E-state index in [4.69, 9.17) is 5.73 Å². The Morgan fingerprint density at radius 1 is 1.59 bits per heavy atom. The molecule has 0 aliphatic carbocycles. The van der Waals surface area contributed by atoms with E-state index in [1.54, 1.807) is 6.92 Å². The maximum Gasteiger partial charge on any atom is 0.263 e. The number of hydrogen-bond acceptors (Lipinski definition) is 5. The molecule has 1 rings (SSSR count). The number of carbonyl (C=O) groups is 1. The Kier molecular flexibility index (Phi) is 4.89. The van der Waals surface area contributed by atoms with Crippen LogP contribution in [-0.2, 0) is 0 Å². The average Bonchev–Trinajstić information content (AvgIpc) is 2.55. The zero-order valence-corrected chi connectivity index (χ0v) is 11.6. The summed E-state index contributed by atoms with van der Waals surface area (Å²) in [5.41, 5.74) is 6.27. The third kappa shape index (κ3) is 4.32. The Bertz CT molecular complexity index is 389. The number of anilines is 1. The van der Waals surface area contributed by atoms with E-state index in [1.165, 1.54) is 11.3 Å². The lowest BCUT2D eigenvalue weighted by molar-refractivity contribution is 0.0940. The predicted molar refractivity (Wildman–Crippen MR) is 71.4 cm³/mol. The smallest absolute Gasteiger partial charge is 0.263 e. The minimum absolute atomic E-state index is 0.0806. The fourth-order valence-electron chi connectivity index (χ4n) is 1.44. The molecule has 0 fully saturated rings. The van der Waals surface area contributed by atoms with E-state index in [0.717, 1.165) is 13.0 Å². The van der Waals surface area contributed by atoms with Crippen LogP contribution in [0.15, 0.2) is 0 Å². The molecule has 1 aromatic rings. The molecule has 1 unspecified atom stereocenters. The summed E-state index contributed by atoms with van der Waals surface area (Å²) in [4.78, 5) is 18.7. The van der Waals surface area contributed by atoms with Crippen molar-refractivity contribution >= 4 is 22.4 Å². The first-order valence-electron chi connectivity index (χ1n) is 5.58. The number of nitrogens with one attached hydrogen (secondary N) is 1. The van der Waals surface area contributed by atoms with Crippen molar-refractivity contribution in [3.05, 3.63) is 10.6 Å². The number of amides is 1. The molecule has 3 N–H and O–H groups in total. The largest absolute Gasteiger partial charge is 0.375 e. The summed E-state index contributed by atoms with van der Waals surface area (Å²) in [5.74, 6) is -0.0806. The molecule has 0 aromatic carbocycles. The summed E-state index contributed by atoms with van der Waals surface area (Å²) >= 11 is 1.23. The van der Waals surface area contributed by atoms with Gasteiger partial charge in [-0.05, 0) is 40.9 Å². The van der Waals surface area contributed by atoms with Crippen molar-refractivity contribution in [2.24, 2.45) is 0 Å². The van der Waals surface area contributed by atoms with E-state index < -0.39 is 0 Å². The van der Waals surface area contributed by atoms with E-state index >= 15 is 0 Å². The van der Waals surface area contributed by atoms with Crippen molar-refractivity contribution in [1.29, 1.82) is 0 Å². The third-order valence-corrected chi connectivity index (χ3v) is 3.39. The van der Waals surface area contributed by atoms with E-state index in [9.17, 15) is 4.79 Å². The molecule has 5 nitrogen and oxygen atoms in total.